The highest BCUT2D eigenvalue weighted by Gasteiger charge is 2.23. The standard InChI is InChI=1S/C26H37N5O2S/c1-4-21-13-16-23(17-14-21)25-27-26(29-28-25)24(18-15-22-11-8-7-9-12-22)30-34(32,33)20-10-19-31(5-2)6-3/h7-9,11-14,16-17,24,30H,4-6,10,15,18-20H2,1-3H3,(H,27,28,29)/t24-/m1/s1. The summed E-state index contributed by atoms with van der Waals surface area (Å²) >= 11 is 0. The quantitative estimate of drug-likeness (QED) is 0.356. The number of hydrogen-bond acceptors (Lipinski definition) is 5. The van der Waals surface area contributed by atoms with Crippen molar-refractivity contribution in [1.82, 2.24) is 24.8 Å². The molecule has 0 radical (unpaired) electrons. The second-order valence-electron chi connectivity index (χ2n) is 8.49. The highest BCUT2D eigenvalue weighted by atomic mass is 32.2. The van der Waals surface area contributed by atoms with Gasteiger partial charge in [0.2, 0.25) is 10.0 Å². The molecule has 34 heavy (non-hydrogen) atoms. The van der Waals surface area contributed by atoms with Crippen LogP contribution in [0.1, 0.15) is 56.6 Å². The van der Waals surface area contributed by atoms with Crippen molar-refractivity contribution >= 4 is 10.0 Å². The number of benzene rings is 2. The molecule has 2 aromatic carbocycles. The lowest BCUT2D eigenvalue weighted by Crippen LogP contribution is -2.33. The van der Waals surface area contributed by atoms with Crippen molar-refractivity contribution in [2.75, 3.05) is 25.4 Å². The first-order valence-electron chi connectivity index (χ1n) is 12.2. The van der Waals surface area contributed by atoms with Gasteiger partial charge in [-0.3, -0.25) is 5.10 Å². The molecule has 1 atom stereocenters. The van der Waals surface area contributed by atoms with Crippen LogP contribution in [0.4, 0.5) is 0 Å². The Morgan fingerprint density at radius 1 is 0.971 bits per heavy atom. The molecule has 0 saturated heterocycles. The lowest BCUT2D eigenvalue weighted by molar-refractivity contribution is 0.304. The third kappa shape index (κ3) is 7.75. The van der Waals surface area contributed by atoms with Crippen LogP contribution in [-0.4, -0.2) is 53.9 Å². The zero-order valence-electron chi connectivity index (χ0n) is 20.5. The number of aromatic nitrogens is 3. The second kappa shape index (κ2) is 12.8. The van der Waals surface area contributed by atoms with Crippen LogP contribution in [0.25, 0.3) is 11.4 Å². The van der Waals surface area contributed by atoms with Crippen molar-refractivity contribution in [3.8, 4) is 11.4 Å². The number of nitrogens with one attached hydrogen (secondary N) is 2. The van der Waals surface area contributed by atoms with Crippen LogP contribution in [0.2, 0.25) is 0 Å². The summed E-state index contributed by atoms with van der Waals surface area (Å²) in [6.07, 6.45) is 2.88. The summed E-state index contributed by atoms with van der Waals surface area (Å²) in [5.74, 6) is 1.20. The Balaban J connectivity index is 1.74. The minimum atomic E-state index is -3.47. The Bertz CT molecular complexity index is 1090. The van der Waals surface area contributed by atoms with Crippen molar-refractivity contribution in [1.29, 1.82) is 0 Å². The molecule has 3 aromatic rings. The molecule has 0 aliphatic carbocycles. The predicted molar refractivity (Wildman–Crippen MR) is 138 cm³/mol. The second-order valence-corrected chi connectivity index (χ2v) is 10.4. The van der Waals surface area contributed by atoms with E-state index in [2.05, 4.69) is 69.8 Å². The number of rotatable bonds is 14. The SMILES string of the molecule is CCc1ccc(-c2n[nH]c([C@@H](CCc3ccccc3)NS(=O)(=O)CCCN(CC)CC)n2)cc1. The van der Waals surface area contributed by atoms with Gasteiger partial charge >= 0.3 is 0 Å². The fourth-order valence-electron chi connectivity index (χ4n) is 3.95. The van der Waals surface area contributed by atoms with Crippen molar-refractivity contribution in [3.05, 3.63) is 71.5 Å². The maximum atomic E-state index is 12.9. The molecule has 3 rings (SSSR count). The average Bonchev–Trinajstić information content (AvgIpc) is 3.35. The van der Waals surface area contributed by atoms with Gasteiger partial charge in [-0.25, -0.2) is 18.1 Å². The fraction of sp³-hybridized carbons (Fsp3) is 0.462. The fourth-order valence-corrected chi connectivity index (χ4v) is 5.24. The van der Waals surface area contributed by atoms with Crippen molar-refractivity contribution in [3.63, 3.8) is 0 Å². The molecule has 0 aliphatic rings. The van der Waals surface area contributed by atoms with Crippen LogP contribution >= 0.6 is 0 Å². The summed E-state index contributed by atoms with van der Waals surface area (Å²) in [4.78, 5) is 6.90. The number of sulfonamides is 1. The first-order chi connectivity index (χ1) is 16.4. The summed E-state index contributed by atoms with van der Waals surface area (Å²) in [7, 11) is -3.47. The van der Waals surface area contributed by atoms with Crippen LogP contribution in [-0.2, 0) is 22.9 Å². The number of hydrogen-bond donors (Lipinski definition) is 2. The Kier molecular flexibility index (Phi) is 9.80. The van der Waals surface area contributed by atoms with Gasteiger partial charge in [0.05, 0.1) is 11.8 Å². The average molecular weight is 484 g/mol. The van der Waals surface area contributed by atoms with Gasteiger partial charge in [-0.1, -0.05) is 75.4 Å². The molecule has 7 nitrogen and oxygen atoms in total. The zero-order chi connectivity index (χ0) is 24.4. The van der Waals surface area contributed by atoms with Crippen molar-refractivity contribution in [2.24, 2.45) is 0 Å². The Labute approximate surface area is 204 Å². The molecule has 0 aliphatic heterocycles. The molecule has 1 aromatic heterocycles. The monoisotopic (exact) mass is 483 g/mol. The minimum absolute atomic E-state index is 0.0881. The van der Waals surface area contributed by atoms with E-state index >= 15 is 0 Å². The van der Waals surface area contributed by atoms with Gasteiger partial charge in [-0.15, -0.1) is 0 Å². The number of H-pyrrole nitrogens is 1. The molecule has 0 bridgehead atoms. The van der Waals surface area contributed by atoms with Crippen LogP contribution < -0.4 is 4.72 Å². The molecular formula is C26H37N5O2S. The van der Waals surface area contributed by atoms with E-state index in [1.54, 1.807) is 0 Å². The summed E-state index contributed by atoms with van der Waals surface area (Å²) in [5.41, 5.74) is 3.31. The summed E-state index contributed by atoms with van der Waals surface area (Å²) in [6, 6.07) is 17.7. The number of aromatic amines is 1. The number of aryl methyl sites for hydroxylation is 2. The van der Waals surface area contributed by atoms with E-state index in [1.165, 1.54) is 5.56 Å². The predicted octanol–water partition coefficient (Wildman–Crippen LogP) is 4.36. The Hall–Kier alpha value is -2.55. The van der Waals surface area contributed by atoms with Gasteiger partial charge in [0.1, 0.15) is 5.82 Å². The molecule has 1 heterocycles. The molecule has 2 N–H and O–H groups in total. The normalized spacial score (nSPS) is 12.8. The Morgan fingerprint density at radius 3 is 2.32 bits per heavy atom. The lowest BCUT2D eigenvalue weighted by Gasteiger charge is -2.19. The highest BCUT2D eigenvalue weighted by Crippen LogP contribution is 2.22. The van der Waals surface area contributed by atoms with E-state index in [4.69, 9.17) is 0 Å². The van der Waals surface area contributed by atoms with Gasteiger partial charge in [0.25, 0.3) is 0 Å². The van der Waals surface area contributed by atoms with Gasteiger partial charge < -0.3 is 4.90 Å². The maximum absolute atomic E-state index is 12.9. The zero-order valence-corrected chi connectivity index (χ0v) is 21.3. The molecule has 0 saturated carbocycles. The minimum Gasteiger partial charge on any atom is -0.304 e. The summed E-state index contributed by atoms with van der Waals surface area (Å²) in [6.45, 7) is 8.90. The van der Waals surface area contributed by atoms with Gasteiger partial charge in [-0.2, -0.15) is 5.10 Å². The summed E-state index contributed by atoms with van der Waals surface area (Å²) < 4.78 is 28.8. The van der Waals surface area contributed by atoms with Gasteiger partial charge in [-0.05, 0) is 56.4 Å². The molecular weight excluding hydrogens is 446 g/mol. The van der Waals surface area contributed by atoms with Crippen LogP contribution in [0.15, 0.2) is 54.6 Å². The highest BCUT2D eigenvalue weighted by molar-refractivity contribution is 7.89. The smallest absolute Gasteiger partial charge is 0.212 e. The van der Waals surface area contributed by atoms with Crippen LogP contribution in [0.3, 0.4) is 0 Å². The maximum Gasteiger partial charge on any atom is 0.212 e. The van der Waals surface area contributed by atoms with E-state index in [0.717, 1.165) is 43.6 Å². The molecule has 184 valence electrons. The van der Waals surface area contributed by atoms with Crippen LogP contribution in [0.5, 0.6) is 0 Å². The molecule has 0 spiro atoms. The first kappa shape index (κ1) is 26.1. The van der Waals surface area contributed by atoms with Crippen LogP contribution in [0, 0.1) is 0 Å². The van der Waals surface area contributed by atoms with E-state index in [1.807, 2.05) is 30.3 Å². The van der Waals surface area contributed by atoms with E-state index in [0.29, 0.717) is 24.5 Å². The van der Waals surface area contributed by atoms with E-state index < -0.39 is 16.1 Å². The topological polar surface area (TPSA) is 91.0 Å². The molecule has 0 amide bonds. The molecule has 0 unspecified atom stereocenters. The van der Waals surface area contributed by atoms with Crippen molar-refractivity contribution < 1.29 is 8.42 Å². The van der Waals surface area contributed by atoms with E-state index in [9.17, 15) is 8.42 Å². The van der Waals surface area contributed by atoms with Gasteiger partial charge in [0.15, 0.2) is 5.82 Å². The third-order valence-corrected chi connectivity index (χ3v) is 7.59. The lowest BCUT2D eigenvalue weighted by atomic mass is 10.1. The van der Waals surface area contributed by atoms with Gasteiger partial charge in [0, 0.05) is 5.56 Å². The largest absolute Gasteiger partial charge is 0.304 e. The van der Waals surface area contributed by atoms with E-state index in [-0.39, 0.29) is 5.75 Å². The first-order valence-corrected chi connectivity index (χ1v) is 13.9. The third-order valence-electron chi connectivity index (χ3n) is 6.12. The number of nitrogens with zero attached hydrogens (tertiary/aromatic N) is 3. The Morgan fingerprint density at radius 2 is 1.68 bits per heavy atom. The molecule has 0 fully saturated rings. The van der Waals surface area contributed by atoms with Crippen molar-refractivity contribution in [2.45, 2.75) is 52.5 Å². The molecule has 8 heteroatoms. The summed E-state index contributed by atoms with van der Waals surface area (Å²) in [5, 5.41) is 7.37.